The number of hydrogen-bond acceptors (Lipinski definition) is 11. The Morgan fingerprint density at radius 1 is 0.953 bits per heavy atom. The molecule has 0 saturated carbocycles. The lowest BCUT2D eigenvalue weighted by molar-refractivity contribution is 0.482. The van der Waals surface area contributed by atoms with E-state index in [1.807, 2.05) is 30.3 Å². The summed E-state index contributed by atoms with van der Waals surface area (Å²) in [6.07, 6.45) is 0. The van der Waals surface area contributed by atoms with Gasteiger partial charge >= 0.3 is 0 Å². The number of nitrogens with zero attached hydrogens (tertiary/aromatic N) is 6. The van der Waals surface area contributed by atoms with Crippen molar-refractivity contribution in [3.05, 3.63) is 83.6 Å². The molecule has 0 aliphatic carbocycles. The van der Waals surface area contributed by atoms with Gasteiger partial charge in [0.2, 0.25) is 17.2 Å². The summed E-state index contributed by atoms with van der Waals surface area (Å²) >= 11 is 3.82. The van der Waals surface area contributed by atoms with Crippen molar-refractivity contribution in [2.45, 2.75) is 16.7 Å². The number of aromatic nitrogens is 3. The second kappa shape index (κ2) is 12.0. The standard InChI is InChI=1S/C27H22ClN7O6S2/c1-15-8-10-19(22(12-15)43(39,40)41)33-34-20-11-9-16-13-18(42(37)38)14-21(23(16)24(20)36)29-26-30-25(28)31-27(32-26)35(2)17-6-4-3-5-7-17/h3-14,36H,1-2H3,(H,37,38)(H,39,40,41)(H,29,30,31,32). The number of benzene rings is 4. The van der Waals surface area contributed by atoms with E-state index in [-0.39, 0.29) is 50.3 Å². The third-order valence-electron chi connectivity index (χ3n) is 6.19. The summed E-state index contributed by atoms with van der Waals surface area (Å²) in [5, 5.41) is 22.5. The van der Waals surface area contributed by atoms with Crippen molar-refractivity contribution < 1.29 is 26.8 Å². The fourth-order valence-electron chi connectivity index (χ4n) is 4.14. The third-order valence-corrected chi connectivity index (χ3v) is 7.88. The van der Waals surface area contributed by atoms with Crippen LogP contribution in [0.2, 0.25) is 5.28 Å². The normalized spacial score (nSPS) is 12.5. The van der Waals surface area contributed by atoms with E-state index in [9.17, 15) is 26.8 Å². The number of azo groups is 1. The van der Waals surface area contributed by atoms with E-state index in [2.05, 4.69) is 30.5 Å². The molecule has 4 N–H and O–H groups in total. The third kappa shape index (κ3) is 6.60. The van der Waals surface area contributed by atoms with E-state index in [1.165, 1.54) is 36.4 Å². The molecule has 0 fully saturated rings. The Labute approximate surface area is 253 Å². The highest BCUT2D eigenvalue weighted by molar-refractivity contribution is 7.86. The van der Waals surface area contributed by atoms with E-state index < -0.39 is 26.1 Å². The van der Waals surface area contributed by atoms with Crippen LogP contribution in [0.25, 0.3) is 10.8 Å². The van der Waals surface area contributed by atoms with Crippen LogP contribution in [-0.2, 0) is 21.2 Å². The number of aryl methyl sites for hydroxylation is 1. The van der Waals surface area contributed by atoms with Crippen LogP contribution in [0.4, 0.5) is 34.6 Å². The van der Waals surface area contributed by atoms with Crippen molar-refractivity contribution in [3.8, 4) is 5.75 Å². The molecular formula is C27H22ClN7O6S2. The van der Waals surface area contributed by atoms with Gasteiger partial charge in [-0.25, -0.2) is 4.21 Å². The molecule has 1 aromatic heterocycles. The minimum atomic E-state index is -4.60. The molecular weight excluding hydrogens is 618 g/mol. The average molecular weight is 640 g/mol. The fraction of sp³-hybridized carbons (Fsp3) is 0.0741. The minimum absolute atomic E-state index is 0.0167. The number of hydrogen-bond donors (Lipinski definition) is 4. The Bertz CT molecular complexity index is 2030. The smallest absolute Gasteiger partial charge is 0.296 e. The molecule has 1 heterocycles. The molecule has 0 spiro atoms. The number of rotatable bonds is 8. The zero-order valence-electron chi connectivity index (χ0n) is 22.4. The molecule has 0 aliphatic heterocycles. The van der Waals surface area contributed by atoms with Crippen LogP contribution in [0.15, 0.2) is 92.8 Å². The van der Waals surface area contributed by atoms with Gasteiger partial charge in [0.05, 0.1) is 10.6 Å². The highest BCUT2D eigenvalue weighted by Crippen LogP contribution is 2.42. The van der Waals surface area contributed by atoms with Crippen LogP contribution in [-0.4, -0.2) is 48.8 Å². The van der Waals surface area contributed by atoms with Crippen LogP contribution >= 0.6 is 11.6 Å². The first kappa shape index (κ1) is 29.9. The van der Waals surface area contributed by atoms with Gasteiger partial charge in [-0.2, -0.15) is 23.4 Å². The average Bonchev–Trinajstić information content (AvgIpc) is 2.96. The molecule has 1 unspecified atom stereocenters. The zero-order chi connectivity index (χ0) is 30.9. The second-order valence-electron chi connectivity index (χ2n) is 9.15. The van der Waals surface area contributed by atoms with Crippen LogP contribution in [0.5, 0.6) is 5.75 Å². The second-order valence-corrected chi connectivity index (χ2v) is 11.8. The number of para-hydroxylation sites is 1. The number of halogens is 1. The van der Waals surface area contributed by atoms with Crippen LogP contribution < -0.4 is 10.2 Å². The monoisotopic (exact) mass is 639 g/mol. The van der Waals surface area contributed by atoms with Gasteiger partial charge in [-0.15, -0.1) is 10.2 Å². The predicted molar refractivity (Wildman–Crippen MR) is 162 cm³/mol. The largest absolute Gasteiger partial charge is 0.505 e. The van der Waals surface area contributed by atoms with Gasteiger partial charge in [-0.3, -0.25) is 4.55 Å². The van der Waals surface area contributed by atoms with Crippen molar-refractivity contribution >= 4 is 78.2 Å². The van der Waals surface area contributed by atoms with E-state index in [1.54, 1.807) is 24.9 Å². The van der Waals surface area contributed by atoms with E-state index in [4.69, 9.17) is 11.6 Å². The minimum Gasteiger partial charge on any atom is -0.505 e. The van der Waals surface area contributed by atoms with Gasteiger partial charge in [-0.05, 0) is 71.9 Å². The van der Waals surface area contributed by atoms with Gasteiger partial charge in [0.15, 0.2) is 16.8 Å². The number of phenols is 1. The van der Waals surface area contributed by atoms with E-state index in [0.717, 1.165) is 5.69 Å². The number of phenolic OH excluding ortho intramolecular Hbond substituents is 1. The zero-order valence-corrected chi connectivity index (χ0v) is 24.8. The summed E-state index contributed by atoms with van der Waals surface area (Å²) in [7, 11) is -2.87. The van der Waals surface area contributed by atoms with Gasteiger partial charge in [0.1, 0.15) is 16.3 Å². The maximum atomic E-state index is 12.0. The Morgan fingerprint density at radius 2 is 1.65 bits per heavy atom. The highest BCUT2D eigenvalue weighted by Gasteiger charge is 2.19. The van der Waals surface area contributed by atoms with Gasteiger partial charge < -0.3 is 19.9 Å². The topological polar surface area (TPSA) is 191 Å². The summed E-state index contributed by atoms with van der Waals surface area (Å²) in [4.78, 5) is 14.0. The van der Waals surface area contributed by atoms with Crippen molar-refractivity contribution in [3.63, 3.8) is 0 Å². The molecule has 16 heteroatoms. The first-order valence-electron chi connectivity index (χ1n) is 12.3. The quantitative estimate of drug-likeness (QED) is 0.0829. The van der Waals surface area contributed by atoms with E-state index in [0.29, 0.717) is 10.9 Å². The Balaban J connectivity index is 1.60. The van der Waals surface area contributed by atoms with Crippen LogP contribution in [0, 0.1) is 6.92 Å². The lowest BCUT2D eigenvalue weighted by atomic mass is 10.1. The van der Waals surface area contributed by atoms with Crippen molar-refractivity contribution in [2.24, 2.45) is 10.2 Å². The number of fused-ring (bicyclic) bond motifs is 1. The molecule has 0 bridgehead atoms. The molecule has 0 aliphatic rings. The Morgan fingerprint density at radius 3 is 2.35 bits per heavy atom. The molecule has 5 aromatic rings. The summed E-state index contributed by atoms with van der Waals surface area (Å²) in [6, 6.07) is 19.1. The summed E-state index contributed by atoms with van der Waals surface area (Å²) < 4.78 is 55.1. The van der Waals surface area contributed by atoms with Crippen molar-refractivity contribution in [1.29, 1.82) is 0 Å². The lowest BCUT2D eigenvalue weighted by Crippen LogP contribution is -2.14. The molecule has 5 rings (SSSR count). The number of anilines is 4. The number of nitrogens with one attached hydrogen (secondary N) is 1. The fourth-order valence-corrected chi connectivity index (χ4v) is 5.45. The van der Waals surface area contributed by atoms with Crippen molar-refractivity contribution in [1.82, 2.24) is 15.0 Å². The van der Waals surface area contributed by atoms with Gasteiger partial charge in [0, 0.05) is 18.1 Å². The first-order chi connectivity index (χ1) is 20.4. The molecule has 0 radical (unpaired) electrons. The summed E-state index contributed by atoms with van der Waals surface area (Å²) in [5.41, 5.74) is 1.27. The molecule has 13 nitrogen and oxygen atoms in total. The summed E-state index contributed by atoms with van der Waals surface area (Å²) in [5.74, 6) is -0.212. The van der Waals surface area contributed by atoms with Crippen LogP contribution in [0.1, 0.15) is 5.56 Å². The maximum absolute atomic E-state index is 12.0. The Hall–Kier alpha value is -4.54. The summed E-state index contributed by atoms with van der Waals surface area (Å²) in [6.45, 7) is 1.65. The van der Waals surface area contributed by atoms with Gasteiger partial charge in [0.25, 0.3) is 10.1 Å². The van der Waals surface area contributed by atoms with Gasteiger partial charge in [-0.1, -0.05) is 30.3 Å². The Kier molecular flexibility index (Phi) is 8.34. The van der Waals surface area contributed by atoms with Crippen molar-refractivity contribution in [2.75, 3.05) is 17.3 Å². The SMILES string of the molecule is Cc1ccc(N=Nc2ccc3cc(S(=O)O)cc(Nc4nc(Cl)nc(N(C)c5ccccc5)n4)c3c2O)c(S(=O)(=O)O)c1. The first-order valence-corrected chi connectivity index (χ1v) is 15.2. The molecule has 43 heavy (non-hydrogen) atoms. The molecule has 0 saturated heterocycles. The molecule has 0 amide bonds. The van der Waals surface area contributed by atoms with E-state index >= 15 is 0 Å². The highest BCUT2D eigenvalue weighted by atomic mass is 35.5. The maximum Gasteiger partial charge on any atom is 0.296 e. The predicted octanol–water partition coefficient (Wildman–Crippen LogP) is 6.45. The molecule has 220 valence electrons. The molecule has 1 atom stereocenters. The van der Waals surface area contributed by atoms with Crippen LogP contribution in [0.3, 0.4) is 0 Å². The number of aromatic hydroxyl groups is 1. The lowest BCUT2D eigenvalue weighted by Gasteiger charge is -2.18. The molecule has 4 aromatic carbocycles.